The van der Waals surface area contributed by atoms with Crippen LogP contribution in [0.4, 0.5) is 14.6 Å². The summed E-state index contributed by atoms with van der Waals surface area (Å²) in [5.41, 5.74) is 0.948. The predicted molar refractivity (Wildman–Crippen MR) is 94.7 cm³/mol. The molecule has 0 radical (unpaired) electrons. The summed E-state index contributed by atoms with van der Waals surface area (Å²) in [5.74, 6) is -0.669. The Morgan fingerprint density at radius 3 is 2.81 bits per heavy atom. The third kappa shape index (κ3) is 4.39. The molecule has 1 aromatic heterocycles. The minimum absolute atomic E-state index is 0.00572. The quantitative estimate of drug-likeness (QED) is 0.871. The highest BCUT2D eigenvalue weighted by atomic mass is 19.3. The van der Waals surface area contributed by atoms with Crippen LogP contribution in [0.2, 0.25) is 0 Å². The summed E-state index contributed by atoms with van der Waals surface area (Å²) in [4.78, 5) is 31.0. The smallest absolute Gasteiger partial charge is 0.387 e. The number of aromatic nitrogens is 1. The molecule has 2 heterocycles. The van der Waals surface area contributed by atoms with Crippen LogP contribution in [-0.2, 0) is 4.79 Å². The SMILES string of the molecule is Cc1ccnc(NC(=O)[C@@H]2CCCN2C(=O)c2ccccc2OC(F)F)c1. The van der Waals surface area contributed by atoms with Crippen LogP contribution in [0.1, 0.15) is 28.8 Å². The first-order chi connectivity index (χ1) is 13.0. The van der Waals surface area contributed by atoms with Crippen LogP contribution in [0, 0.1) is 6.92 Å². The lowest BCUT2D eigenvalue weighted by Crippen LogP contribution is -2.43. The summed E-state index contributed by atoms with van der Waals surface area (Å²) in [6, 6.07) is 8.63. The van der Waals surface area contributed by atoms with Crippen molar-refractivity contribution < 1.29 is 23.1 Å². The van der Waals surface area contributed by atoms with Gasteiger partial charge in [0.25, 0.3) is 5.91 Å². The Morgan fingerprint density at radius 2 is 2.07 bits per heavy atom. The van der Waals surface area contributed by atoms with Gasteiger partial charge in [0.15, 0.2) is 0 Å². The zero-order chi connectivity index (χ0) is 19.4. The summed E-state index contributed by atoms with van der Waals surface area (Å²) < 4.78 is 29.6. The number of amides is 2. The van der Waals surface area contributed by atoms with Gasteiger partial charge in [-0.2, -0.15) is 8.78 Å². The van der Waals surface area contributed by atoms with E-state index in [1.807, 2.05) is 6.92 Å². The van der Waals surface area contributed by atoms with E-state index in [-0.39, 0.29) is 17.2 Å². The van der Waals surface area contributed by atoms with Crippen LogP contribution in [-0.4, -0.2) is 40.9 Å². The minimum atomic E-state index is -3.04. The van der Waals surface area contributed by atoms with Gasteiger partial charge >= 0.3 is 6.61 Å². The number of carbonyl (C=O) groups is 2. The fraction of sp³-hybridized carbons (Fsp3) is 0.316. The highest BCUT2D eigenvalue weighted by Gasteiger charge is 2.35. The molecule has 1 aromatic carbocycles. The molecule has 1 atom stereocenters. The fourth-order valence-corrected chi connectivity index (χ4v) is 3.09. The Balaban J connectivity index is 1.78. The molecule has 1 aliphatic rings. The molecule has 1 fully saturated rings. The molecular formula is C19H19F2N3O3. The summed E-state index contributed by atoms with van der Waals surface area (Å²) in [5, 5.41) is 2.71. The molecule has 0 spiro atoms. The molecule has 142 valence electrons. The number of anilines is 1. The molecule has 2 aromatic rings. The van der Waals surface area contributed by atoms with Crippen molar-refractivity contribution in [3.8, 4) is 5.75 Å². The van der Waals surface area contributed by atoms with E-state index in [1.165, 1.54) is 23.1 Å². The van der Waals surface area contributed by atoms with Crippen molar-refractivity contribution in [3.05, 3.63) is 53.7 Å². The van der Waals surface area contributed by atoms with Crippen LogP contribution >= 0.6 is 0 Å². The maximum absolute atomic E-state index is 12.9. The number of nitrogens with zero attached hydrogens (tertiary/aromatic N) is 2. The number of benzene rings is 1. The van der Waals surface area contributed by atoms with Gasteiger partial charge in [0, 0.05) is 12.7 Å². The van der Waals surface area contributed by atoms with Gasteiger partial charge in [-0.25, -0.2) is 4.98 Å². The van der Waals surface area contributed by atoms with Gasteiger partial charge in [-0.3, -0.25) is 9.59 Å². The Labute approximate surface area is 155 Å². The number of ether oxygens (including phenoxy) is 1. The van der Waals surface area contributed by atoms with Crippen molar-refractivity contribution in [1.29, 1.82) is 0 Å². The molecule has 2 amide bonds. The molecule has 1 aliphatic heterocycles. The van der Waals surface area contributed by atoms with E-state index in [9.17, 15) is 18.4 Å². The van der Waals surface area contributed by atoms with Crippen molar-refractivity contribution in [2.45, 2.75) is 32.4 Å². The third-order valence-electron chi connectivity index (χ3n) is 4.32. The maximum atomic E-state index is 12.9. The second-order valence-electron chi connectivity index (χ2n) is 6.24. The van der Waals surface area contributed by atoms with Gasteiger partial charge in [-0.15, -0.1) is 0 Å². The molecule has 6 nitrogen and oxygen atoms in total. The number of rotatable bonds is 5. The van der Waals surface area contributed by atoms with Crippen molar-refractivity contribution in [1.82, 2.24) is 9.88 Å². The number of likely N-dealkylation sites (tertiary alicyclic amines) is 1. The van der Waals surface area contributed by atoms with E-state index in [0.717, 1.165) is 5.56 Å². The average Bonchev–Trinajstić information content (AvgIpc) is 3.11. The van der Waals surface area contributed by atoms with Gasteiger partial charge in [0.1, 0.15) is 17.6 Å². The molecule has 8 heteroatoms. The van der Waals surface area contributed by atoms with E-state index in [2.05, 4.69) is 15.0 Å². The highest BCUT2D eigenvalue weighted by molar-refractivity contribution is 6.02. The van der Waals surface area contributed by atoms with Gasteiger partial charge < -0.3 is 15.0 Å². The second-order valence-corrected chi connectivity index (χ2v) is 6.24. The molecule has 1 saturated heterocycles. The lowest BCUT2D eigenvalue weighted by Gasteiger charge is -2.24. The molecule has 0 bridgehead atoms. The topological polar surface area (TPSA) is 71.5 Å². The summed E-state index contributed by atoms with van der Waals surface area (Å²) in [6.07, 6.45) is 2.71. The number of nitrogens with one attached hydrogen (secondary N) is 1. The van der Waals surface area contributed by atoms with Gasteiger partial charge in [-0.1, -0.05) is 12.1 Å². The first kappa shape index (κ1) is 18.8. The van der Waals surface area contributed by atoms with E-state index in [4.69, 9.17) is 0 Å². The summed E-state index contributed by atoms with van der Waals surface area (Å²) in [7, 11) is 0. The number of para-hydroxylation sites is 1. The fourth-order valence-electron chi connectivity index (χ4n) is 3.09. The Morgan fingerprint density at radius 1 is 1.30 bits per heavy atom. The molecule has 1 N–H and O–H groups in total. The van der Waals surface area contributed by atoms with Gasteiger partial charge in [0.05, 0.1) is 5.56 Å². The predicted octanol–water partition coefficient (Wildman–Crippen LogP) is 3.23. The Hall–Kier alpha value is -3.03. The van der Waals surface area contributed by atoms with Crippen molar-refractivity contribution in [2.24, 2.45) is 0 Å². The molecular weight excluding hydrogens is 356 g/mol. The van der Waals surface area contributed by atoms with Crippen molar-refractivity contribution in [2.75, 3.05) is 11.9 Å². The van der Waals surface area contributed by atoms with E-state index < -0.39 is 18.6 Å². The highest BCUT2D eigenvalue weighted by Crippen LogP contribution is 2.27. The number of alkyl halides is 2. The lowest BCUT2D eigenvalue weighted by molar-refractivity contribution is -0.119. The van der Waals surface area contributed by atoms with E-state index >= 15 is 0 Å². The van der Waals surface area contributed by atoms with Crippen LogP contribution in [0.5, 0.6) is 5.75 Å². The van der Waals surface area contributed by atoms with E-state index in [1.54, 1.807) is 24.4 Å². The number of aryl methyl sites for hydroxylation is 1. The number of pyridine rings is 1. The first-order valence-electron chi connectivity index (χ1n) is 8.54. The zero-order valence-electron chi connectivity index (χ0n) is 14.7. The monoisotopic (exact) mass is 375 g/mol. The molecule has 0 unspecified atom stereocenters. The lowest BCUT2D eigenvalue weighted by atomic mass is 10.1. The number of hydrogen-bond donors (Lipinski definition) is 1. The first-order valence-corrected chi connectivity index (χ1v) is 8.54. The third-order valence-corrected chi connectivity index (χ3v) is 4.32. The van der Waals surface area contributed by atoms with Gasteiger partial charge in [0.2, 0.25) is 5.91 Å². The molecule has 27 heavy (non-hydrogen) atoms. The standard InChI is InChI=1S/C19H19F2N3O3/c1-12-8-9-22-16(11-12)23-17(25)14-6-4-10-24(14)18(26)13-5-2-3-7-15(13)27-19(20)21/h2-3,5,7-9,11,14,19H,4,6,10H2,1H3,(H,22,23,25)/t14-/m0/s1. The minimum Gasteiger partial charge on any atom is -0.434 e. The van der Waals surface area contributed by atoms with Crippen LogP contribution in [0.3, 0.4) is 0 Å². The average molecular weight is 375 g/mol. The van der Waals surface area contributed by atoms with Crippen molar-refractivity contribution >= 4 is 17.6 Å². The van der Waals surface area contributed by atoms with Crippen LogP contribution in [0.25, 0.3) is 0 Å². The van der Waals surface area contributed by atoms with Crippen LogP contribution < -0.4 is 10.1 Å². The molecule has 3 rings (SSSR count). The number of halogens is 2. The van der Waals surface area contributed by atoms with E-state index in [0.29, 0.717) is 25.2 Å². The maximum Gasteiger partial charge on any atom is 0.387 e. The van der Waals surface area contributed by atoms with Crippen LogP contribution in [0.15, 0.2) is 42.6 Å². The molecule has 0 aliphatic carbocycles. The normalized spacial score (nSPS) is 16.4. The van der Waals surface area contributed by atoms with Crippen molar-refractivity contribution in [3.63, 3.8) is 0 Å². The Bertz CT molecular complexity index is 844. The van der Waals surface area contributed by atoms with Gasteiger partial charge in [-0.05, 0) is 49.6 Å². The second kappa shape index (κ2) is 8.11. The largest absolute Gasteiger partial charge is 0.434 e. The Kier molecular flexibility index (Phi) is 5.63. The zero-order valence-corrected chi connectivity index (χ0v) is 14.7. The number of hydrogen-bond acceptors (Lipinski definition) is 4. The number of carbonyl (C=O) groups excluding carboxylic acids is 2. The summed E-state index contributed by atoms with van der Waals surface area (Å²) >= 11 is 0. The summed E-state index contributed by atoms with van der Waals surface area (Å²) in [6.45, 7) is -0.798. The molecule has 0 saturated carbocycles.